The number of ether oxygens (including phenoxy) is 1. The second-order valence-electron chi connectivity index (χ2n) is 5.86. The maximum Gasteiger partial charge on any atom is 0.191 e. The van der Waals surface area contributed by atoms with Crippen LogP contribution in [-0.4, -0.2) is 56.8 Å². The Labute approximate surface area is 156 Å². The highest BCUT2D eigenvalue weighted by atomic mass is 127. The van der Waals surface area contributed by atoms with E-state index in [2.05, 4.69) is 41.5 Å². The Bertz CT molecular complexity index is 457. The van der Waals surface area contributed by atoms with Crippen LogP contribution in [0.25, 0.3) is 0 Å². The van der Waals surface area contributed by atoms with Crippen molar-refractivity contribution in [3.05, 3.63) is 24.2 Å². The molecule has 1 aromatic heterocycles. The molecule has 0 aromatic carbocycles. The summed E-state index contributed by atoms with van der Waals surface area (Å²) in [7, 11) is 4.28. The summed E-state index contributed by atoms with van der Waals surface area (Å²) in [6.07, 6.45) is 3.74. The van der Waals surface area contributed by atoms with Crippen molar-refractivity contribution >= 4 is 29.9 Å². The average molecular weight is 436 g/mol. The number of rotatable bonds is 6. The van der Waals surface area contributed by atoms with Crippen LogP contribution in [-0.2, 0) is 11.3 Å². The van der Waals surface area contributed by atoms with Crippen LogP contribution < -0.4 is 10.6 Å². The fraction of sp³-hybridized carbons (Fsp3) is 0.688. The number of halogens is 1. The molecular weight excluding hydrogens is 407 g/mol. The smallest absolute Gasteiger partial charge is 0.191 e. The van der Waals surface area contributed by atoms with E-state index in [9.17, 15) is 0 Å². The number of furan rings is 1. The number of hydrogen-bond acceptors (Lipinski definition) is 4. The topological polar surface area (TPSA) is 62.0 Å². The fourth-order valence-corrected chi connectivity index (χ4v) is 2.68. The third kappa shape index (κ3) is 5.96. The van der Waals surface area contributed by atoms with Crippen molar-refractivity contribution in [1.29, 1.82) is 0 Å². The molecule has 0 amide bonds. The van der Waals surface area contributed by atoms with Crippen molar-refractivity contribution in [2.75, 3.05) is 40.4 Å². The molecule has 7 heteroatoms. The monoisotopic (exact) mass is 436 g/mol. The van der Waals surface area contributed by atoms with Gasteiger partial charge >= 0.3 is 0 Å². The molecule has 2 N–H and O–H groups in total. The molecule has 1 saturated heterocycles. The summed E-state index contributed by atoms with van der Waals surface area (Å²) in [4.78, 5) is 6.89. The average Bonchev–Trinajstić information content (AvgIpc) is 3.04. The van der Waals surface area contributed by atoms with Gasteiger partial charge in [-0.15, -0.1) is 24.0 Å². The first-order chi connectivity index (χ1) is 10.7. The predicted molar refractivity (Wildman–Crippen MR) is 103 cm³/mol. The lowest BCUT2D eigenvalue weighted by atomic mass is 9.88. The van der Waals surface area contributed by atoms with Crippen LogP contribution in [0.4, 0.5) is 0 Å². The Kier molecular flexibility index (Phi) is 8.93. The van der Waals surface area contributed by atoms with E-state index in [0.29, 0.717) is 6.54 Å². The van der Waals surface area contributed by atoms with Gasteiger partial charge in [-0.1, -0.05) is 0 Å². The van der Waals surface area contributed by atoms with Crippen molar-refractivity contribution in [3.8, 4) is 0 Å². The Morgan fingerprint density at radius 3 is 2.61 bits per heavy atom. The summed E-state index contributed by atoms with van der Waals surface area (Å²) in [5.74, 6) is 1.69. The zero-order chi connectivity index (χ0) is 15.8. The van der Waals surface area contributed by atoms with Gasteiger partial charge in [-0.05, 0) is 46.0 Å². The second kappa shape index (κ2) is 10.1. The third-order valence-electron chi connectivity index (χ3n) is 4.27. The van der Waals surface area contributed by atoms with Crippen LogP contribution >= 0.6 is 24.0 Å². The molecule has 0 saturated carbocycles. The van der Waals surface area contributed by atoms with Crippen LogP contribution in [0.2, 0.25) is 0 Å². The van der Waals surface area contributed by atoms with Crippen molar-refractivity contribution in [2.45, 2.75) is 31.8 Å². The van der Waals surface area contributed by atoms with Gasteiger partial charge in [0.15, 0.2) is 5.96 Å². The SMILES string of the molecule is CCNC(=NCc1ccco1)NCC1(N(C)C)CCOCC1.I. The summed E-state index contributed by atoms with van der Waals surface area (Å²) < 4.78 is 10.8. The lowest BCUT2D eigenvalue weighted by Gasteiger charge is -2.43. The number of aliphatic imine (C=N–C) groups is 1. The largest absolute Gasteiger partial charge is 0.467 e. The van der Waals surface area contributed by atoms with Crippen LogP contribution in [0.5, 0.6) is 0 Å². The van der Waals surface area contributed by atoms with Gasteiger partial charge in [-0.25, -0.2) is 4.99 Å². The molecule has 1 aromatic rings. The highest BCUT2D eigenvalue weighted by Gasteiger charge is 2.34. The molecule has 6 nitrogen and oxygen atoms in total. The first-order valence-corrected chi connectivity index (χ1v) is 7.96. The van der Waals surface area contributed by atoms with E-state index in [4.69, 9.17) is 9.15 Å². The molecule has 1 fully saturated rings. The lowest BCUT2D eigenvalue weighted by molar-refractivity contribution is -0.00501. The van der Waals surface area contributed by atoms with Crippen LogP contribution in [0.1, 0.15) is 25.5 Å². The summed E-state index contributed by atoms with van der Waals surface area (Å²) >= 11 is 0. The Balaban J connectivity index is 0.00000264. The van der Waals surface area contributed by atoms with E-state index in [1.807, 2.05) is 12.1 Å². The second-order valence-corrected chi connectivity index (χ2v) is 5.86. The summed E-state index contributed by atoms with van der Waals surface area (Å²) in [6.45, 7) is 5.94. The molecule has 2 rings (SSSR count). The number of hydrogen-bond donors (Lipinski definition) is 2. The van der Waals surface area contributed by atoms with E-state index in [1.165, 1.54) is 0 Å². The van der Waals surface area contributed by atoms with Crippen LogP contribution in [0.3, 0.4) is 0 Å². The van der Waals surface area contributed by atoms with Gasteiger partial charge in [0.05, 0.1) is 6.26 Å². The standard InChI is InChI=1S/C16H28N4O2.HI/c1-4-17-15(18-12-14-6-5-9-22-14)19-13-16(20(2)3)7-10-21-11-8-16;/h5-6,9H,4,7-8,10-13H2,1-3H3,(H2,17,18,19);1H. The first kappa shape index (κ1) is 20.2. The van der Waals surface area contributed by atoms with Gasteiger partial charge in [0.25, 0.3) is 0 Å². The number of nitrogens with one attached hydrogen (secondary N) is 2. The molecule has 2 heterocycles. The Hall–Kier alpha value is -0.800. The number of guanidine groups is 1. The number of likely N-dealkylation sites (N-methyl/N-ethyl adjacent to an activating group) is 1. The molecule has 0 aliphatic carbocycles. The maximum absolute atomic E-state index is 5.51. The molecule has 132 valence electrons. The minimum Gasteiger partial charge on any atom is -0.467 e. The molecule has 0 bridgehead atoms. The minimum absolute atomic E-state index is 0. The molecule has 0 radical (unpaired) electrons. The fourth-order valence-electron chi connectivity index (χ4n) is 2.68. The minimum atomic E-state index is 0. The maximum atomic E-state index is 5.51. The normalized spacial score (nSPS) is 17.7. The van der Waals surface area contributed by atoms with E-state index in [1.54, 1.807) is 6.26 Å². The van der Waals surface area contributed by atoms with Crippen molar-refractivity contribution in [3.63, 3.8) is 0 Å². The van der Waals surface area contributed by atoms with E-state index >= 15 is 0 Å². The first-order valence-electron chi connectivity index (χ1n) is 7.96. The van der Waals surface area contributed by atoms with E-state index in [0.717, 1.165) is 50.9 Å². The van der Waals surface area contributed by atoms with Crippen molar-refractivity contribution < 1.29 is 9.15 Å². The Morgan fingerprint density at radius 1 is 1.30 bits per heavy atom. The zero-order valence-electron chi connectivity index (χ0n) is 14.3. The summed E-state index contributed by atoms with van der Waals surface area (Å²) in [6, 6.07) is 3.82. The molecule has 0 unspecified atom stereocenters. The lowest BCUT2D eigenvalue weighted by Crippen LogP contribution is -2.57. The summed E-state index contributed by atoms with van der Waals surface area (Å²) in [5.41, 5.74) is 0.124. The Morgan fingerprint density at radius 2 is 2.04 bits per heavy atom. The van der Waals surface area contributed by atoms with E-state index in [-0.39, 0.29) is 29.5 Å². The van der Waals surface area contributed by atoms with Gasteiger partial charge in [0.2, 0.25) is 0 Å². The van der Waals surface area contributed by atoms with Gasteiger partial charge in [0, 0.05) is 31.8 Å². The molecule has 0 atom stereocenters. The highest BCUT2D eigenvalue weighted by molar-refractivity contribution is 14.0. The zero-order valence-corrected chi connectivity index (χ0v) is 16.6. The predicted octanol–water partition coefficient (Wildman–Crippen LogP) is 2.06. The van der Waals surface area contributed by atoms with E-state index < -0.39 is 0 Å². The molecule has 1 aliphatic rings. The summed E-state index contributed by atoms with van der Waals surface area (Å²) in [5, 5.41) is 6.76. The highest BCUT2D eigenvalue weighted by Crippen LogP contribution is 2.24. The van der Waals surface area contributed by atoms with Crippen molar-refractivity contribution in [1.82, 2.24) is 15.5 Å². The number of nitrogens with zero attached hydrogens (tertiary/aromatic N) is 2. The molecular formula is C16H29IN4O2. The van der Waals surface area contributed by atoms with Gasteiger partial charge in [0.1, 0.15) is 12.3 Å². The third-order valence-corrected chi connectivity index (χ3v) is 4.27. The van der Waals surface area contributed by atoms with Crippen molar-refractivity contribution in [2.24, 2.45) is 4.99 Å². The molecule has 1 aliphatic heterocycles. The van der Waals surface area contributed by atoms with Gasteiger partial charge in [-0.3, -0.25) is 0 Å². The van der Waals surface area contributed by atoms with Crippen LogP contribution in [0, 0.1) is 0 Å². The molecule has 23 heavy (non-hydrogen) atoms. The van der Waals surface area contributed by atoms with Crippen LogP contribution in [0.15, 0.2) is 27.8 Å². The van der Waals surface area contributed by atoms with Gasteiger partial charge < -0.3 is 24.7 Å². The quantitative estimate of drug-likeness (QED) is 0.406. The van der Waals surface area contributed by atoms with Gasteiger partial charge in [-0.2, -0.15) is 0 Å². The molecule has 0 spiro atoms.